The molecule has 0 heterocycles. The minimum atomic E-state index is -0.644. The Balaban J connectivity index is 2.24. The van der Waals surface area contributed by atoms with Crippen LogP contribution >= 0.6 is 11.6 Å². The molecule has 0 aromatic heterocycles. The van der Waals surface area contributed by atoms with Crippen LogP contribution in [-0.2, 0) is 4.79 Å². The second-order valence-corrected chi connectivity index (χ2v) is 6.03. The molecular formula is C20H16ClN3O4. The molecule has 2 aromatic carbocycles. The van der Waals surface area contributed by atoms with E-state index in [9.17, 15) is 20.2 Å². The number of nitro groups is 1. The van der Waals surface area contributed by atoms with Crippen LogP contribution in [0.2, 0.25) is 5.02 Å². The molecule has 0 saturated carbocycles. The summed E-state index contributed by atoms with van der Waals surface area (Å²) in [6.07, 6.45) is 4.14. The van der Waals surface area contributed by atoms with Gasteiger partial charge in [-0.05, 0) is 36.8 Å². The van der Waals surface area contributed by atoms with Crippen LogP contribution in [0.5, 0.6) is 5.75 Å². The Morgan fingerprint density at radius 3 is 2.71 bits per heavy atom. The third-order valence-corrected chi connectivity index (χ3v) is 4.17. The van der Waals surface area contributed by atoms with Crippen LogP contribution in [0.3, 0.4) is 0 Å². The molecule has 0 spiro atoms. The highest BCUT2D eigenvalue weighted by Crippen LogP contribution is 2.31. The van der Waals surface area contributed by atoms with E-state index in [1.54, 1.807) is 43.3 Å². The molecule has 0 saturated heterocycles. The average Bonchev–Trinajstić information content (AvgIpc) is 2.68. The number of carbonyl (C=O) groups is 1. The minimum absolute atomic E-state index is 0.0727. The number of benzene rings is 2. The molecule has 1 amide bonds. The highest BCUT2D eigenvalue weighted by atomic mass is 35.5. The van der Waals surface area contributed by atoms with Gasteiger partial charge in [-0.3, -0.25) is 14.9 Å². The second-order valence-electron chi connectivity index (χ2n) is 5.62. The molecule has 0 radical (unpaired) electrons. The Bertz CT molecular complexity index is 1020. The highest BCUT2D eigenvalue weighted by molar-refractivity contribution is 6.31. The zero-order valence-corrected chi connectivity index (χ0v) is 15.9. The minimum Gasteiger partial charge on any atom is -0.495 e. The summed E-state index contributed by atoms with van der Waals surface area (Å²) < 4.78 is 5.19. The molecule has 28 heavy (non-hydrogen) atoms. The number of hydrogen-bond donors (Lipinski definition) is 1. The van der Waals surface area contributed by atoms with Gasteiger partial charge in [0.15, 0.2) is 0 Å². The SMILES string of the molecule is COc1cc(Cl)c(C)cc1NC(=O)/C(C#N)=C\C=C\c1ccccc1[N+](=O)[O-]. The summed E-state index contributed by atoms with van der Waals surface area (Å²) in [7, 11) is 1.44. The van der Waals surface area contributed by atoms with Crippen molar-refractivity contribution in [2.24, 2.45) is 0 Å². The molecule has 8 heteroatoms. The Labute approximate surface area is 166 Å². The lowest BCUT2D eigenvalue weighted by Gasteiger charge is -2.11. The maximum absolute atomic E-state index is 12.4. The molecule has 0 unspecified atom stereocenters. The first-order valence-corrected chi connectivity index (χ1v) is 8.42. The summed E-state index contributed by atoms with van der Waals surface area (Å²) in [5, 5.41) is 23.4. The van der Waals surface area contributed by atoms with Gasteiger partial charge in [0.25, 0.3) is 11.6 Å². The van der Waals surface area contributed by atoms with Gasteiger partial charge in [0.1, 0.15) is 17.4 Å². The lowest BCUT2D eigenvalue weighted by molar-refractivity contribution is -0.385. The van der Waals surface area contributed by atoms with Gasteiger partial charge in [0.05, 0.1) is 23.3 Å². The van der Waals surface area contributed by atoms with Gasteiger partial charge >= 0.3 is 0 Å². The number of rotatable bonds is 6. The number of methoxy groups -OCH3 is 1. The van der Waals surface area contributed by atoms with E-state index in [0.717, 1.165) is 5.56 Å². The predicted molar refractivity (Wildman–Crippen MR) is 107 cm³/mol. The first-order chi connectivity index (χ1) is 13.4. The maximum Gasteiger partial charge on any atom is 0.276 e. The fourth-order valence-electron chi connectivity index (χ4n) is 2.33. The normalized spacial score (nSPS) is 11.1. The maximum atomic E-state index is 12.4. The predicted octanol–water partition coefficient (Wildman–Crippen LogP) is 4.67. The number of allylic oxidation sites excluding steroid dienone is 2. The van der Waals surface area contributed by atoms with E-state index < -0.39 is 10.8 Å². The zero-order chi connectivity index (χ0) is 20.7. The van der Waals surface area contributed by atoms with Gasteiger partial charge < -0.3 is 10.1 Å². The number of halogens is 1. The molecule has 142 valence electrons. The summed E-state index contributed by atoms with van der Waals surface area (Å²) in [4.78, 5) is 22.9. The van der Waals surface area contributed by atoms with Gasteiger partial charge in [-0.1, -0.05) is 29.8 Å². The van der Waals surface area contributed by atoms with Crippen LogP contribution in [0.1, 0.15) is 11.1 Å². The van der Waals surface area contributed by atoms with E-state index in [2.05, 4.69) is 5.32 Å². The number of nitrogens with one attached hydrogen (secondary N) is 1. The van der Waals surface area contributed by atoms with Crippen LogP contribution < -0.4 is 10.1 Å². The summed E-state index contributed by atoms with van der Waals surface area (Å²) >= 11 is 6.04. The standard InChI is InChI=1S/C20H16ClN3O4/c1-13-10-17(19(28-2)11-16(13)21)23-20(25)15(12-22)8-5-7-14-6-3-4-9-18(14)24(26)27/h3-11H,1-2H3,(H,23,25)/b7-5+,15-8-. The van der Waals surface area contributed by atoms with Crippen molar-refractivity contribution in [1.82, 2.24) is 0 Å². The van der Waals surface area contributed by atoms with Crippen molar-refractivity contribution in [1.29, 1.82) is 5.26 Å². The van der Waals surface area contributed by atoms with E-state index in [4.69, 9.17) is 16.3 Å². The number of anilines is 1. The number of ether oxygens (including phenoxy) is 1. The van der Waals surface area contributed by atoms with Crippen LogP contribution in [0.25, 0.3) is 6.08 Å². The van der Waals surface area contributed by atoms with Crippen LogP contribution in [0.4, 0.5) is 11.4 Å². The molecule has 0 aliphatic carbocycles. The fraction of sp³-hybridized carbons (Fsp3) is 0.100. The Morgan fingerprint density at radius 2 is 2.07 bits per heavy atom. The van der Waals surface area contributed by atoms with Crippen LogP contribution in [0.15, 0.2) is 54.1 Å². The highest BCUT2D eigenvalue weighted by Gasteiger charge is 2.14. The van der Waals surface area contributed by atoms with Crippen molar-refractivity contribution in [3.05, 3.63) is 80.4 Å². The molecular weight excluding hydrogens is 382 g/mol. The lowest BCUT2D eigenvalue weighted by atomic mass is 10.1. The molecule has 0 atom stereocenters. The monoisotopic (exact) mass is 397 g/mol. The van der Waals surface area contributed by atoms with Crippen molar-refractivity contribution >= 4 is 35.0 Å². The van der Waals surface area contributed by atoms with Gasteiger partial charge in [-0.25, -0.2) is 0 Å². The second kappa shape index (κ2) is 9.35. The number of hydrogen-bond acceptors (Lipinski definition) is 5. The third kappa shape index (κ3) is 4.96. The van der Waals surface area contributed by atoms with Crippen molar-refractivity contribution in [3.63, 3.8) is 0 Å². The Morgan fingerprint density at radius 1 is 1.36 bits per heavy atom. The Kier molecular flexibility index (Phi) is 6.90. The van der Waals surface area contributed by atoms with Crippen LogP contribution in [-0.4, -0.2) is 17.9 Å². The Hall–Kier alpha value is -3.63. The van der Waals surface area contributed by atoms with Gasteiger partial charge in [-0.2, -0.15) is 5.26 Å². The summed E-state index contributed by atoms with van der Waals surface area (Å²) in [5.74, 6) is -0.286. The number of para-hydroxylation sites is 1. The van der Waals surface area contributed by atoms with Crippen LogP contribution in [0, 0.1) is 28.4 Å². The van der Waals surface area contributed by atoms with Gasteiger partial charge in [0, 0.05) is 17.2 Å². The number of nitrogens with zero attached hydrogens (tertiary/aromatic N) is 2. The van der Waals surface area contributed by atoms with E-state index in [0.29, 0.717) is 22.0 Å². The zero-order valence-electron chi connectivity index (χ0n) is 15.1. The fourth-order valence-corrected chi connectivity index (χ4v) is 2.48. The first kappa shape index (κ1) is 20.7. The number of nitro benzene ring substituents is 1. The smallest absolute Gasteiger partial charge is 0.276 e. The van der Waals surface area contributed by atoms with E-state index in [-0.39, 0.29) is 11.3 Å². The molecule has 0 fully saturated rings. The molecule has 2 aromatic rings. The summed E-state index contributed by atoms with van der Waals surface area (Å²) in [6.45, 7) is 1.77. The van der Waals surface area contributed by atoms with Gasteiger partial charge in [-0.15, -0.1) is 0 Å². The molecule has 1 N–H and O–H groups in total. The van der Waals surface area contributed by atoms with E-state index >= 15 is 0 Å². The average molecular weight is 398 g/mol. The number of carbonyl (C=O) groups excluding carboxylic acids is 1. The lowest BCUT2D eigenvalue weighted by Crippen LogP contribution is -2.14. The van der Waals surface area contributed by atoms with E-state index in [1.807, 2.05) is 0 Å². The molecule has 2 rings (SSSR count). The van der Waals surface area contributed by atoms with Crippen molar-refractivity contribution in [2.45, 2.75) is 6.92 Å². The van der Waals surface area contributed by atoms with E-state index in [1.165, 1.54) is 31.4 Å². The van der Waals surface area contributed by atoms with Crippen molar-refractivity contribution in [2.75, 3.05) is 12.4 Å². The molecule has 7 nitrogen and oxygen atoms in total. The summed E-state index contributed by atoms with van der Waals surface area (Å²) in [5.41, 5.74) is 1.21. The first-order valence-electron chi connectivity index (χ1n) is 8.04. The molecule has 0 aliphatic rings. The largest absolute Gasteiger partial charge is 0.495 e. The van der Waals surface area contributed by atoms with Gasteiger partial charge in [0.2, 0.25) is 0 Å². The van der Waals surface area contributed by atoms with Crippen molar-refractivity contribution < 1.29 is 14.5 Å². The molecule has 0 aliphatic heterocycles. The third-order valence-electron chi connectivity index (χ3n) is 3.77. The topological polar surface area (TPSA) is 105 Å². The number of amides is 1. The summed E-state index contributed by atoms with van der Waals surface area (Å²) in [6, 6.07) is 11.2. The quantitative estimate of drug-likeness (QED) is 0.251. The number of nitriles is 1. The van der Waals surface area contributed by atoms with Crippen molar-refractivity contribution in [3.8, 4) is 11.8 Å². The number of aryl methyl sites for hydroxylation is 1. The molecule has 0 bridgehead atoms.